The fourth-order valence-electron chi connectivity index (χ4n) is 0.730. The summed E-state index contributed by atoms with van der Waals surface area (Å²) in [4.78, 5) is 10.5. The molecule has 0 bridgehead atoms. The maximum absolute atomic E-state index is 10.5. The van der Waals surface area contributed by atoms with Gasteiger partial charge in [-0.2, -0.15) is 0 Å². The van der Waals surface area contributed by atoms with Gasteiger partial charge in [0.1, 0.15) is 0 Å². The van der Waals surface area contributed by atoms with Crippen LogP contribution in [0.3, 0.4) is 0 Å². The average Bonchev–Trinajstić information content (AvgIpc) is 2.41. The molecule has 0 aromatic rings. The van der Waals surface area contributed by atoms with Gasteiger partial charge in [-0.3, -0.25) is 0 Å². The molecular weight excluding hydrogens is 240 g/mol. The summed E-state index contributed by atoms with van der Waals surface area (Å²) in [6.07, 6.45) is 1.71. The van der Waals surface area contributed by atoms with E-state index in [1.165, 1.54) is 7.11 Å². The molecule has 0 rings (SSSR count). The molecule has 0 fully saturated rings. The van der Waals surface area contributed by atoms with Crippen molar-refractivity contribution in [3.63, 3.8) is 0 Å². The number of esters is 1. The highest BCUT2D eigenvalue weighted by Gasteiger charge is 1.98. The van der Waals surface area contributed by atoms with E-state index in [0.717, 1.165) is 0 Å². The third-order valence-electron chi connectivity index (χ3n) is 1.78. The van der Waals surface area contributed by atoms with Gasteiger partial charge in [0, 0.05) is 5.57 Å². The van der Waals surface area contributed by atoms with Gasteiger partial charge in [-0.25, -0.2) is 4.79 Å². The van der Waals surface area contributed by atoms with Crippen LogP contribution in [0, 0.1) is 0 Å². The van der Waals surface area contributed by atoms with Gasteiger partial charge in [-0.1, -0.05) is 6.08 Å². The summed E-state index contributed by atoms with van der Waals surface area (Å²) in [6, 6.07) is 0. The molecule has 0 saturated carbocycles. The van der Waals surface area contributed by atoms with Crippen molar-refractivity contribution in [2.75, 3.05) is 46.8 Å². The fraction of sp³-hybridized carbons (Fsp3) is 0.750. The number of allylic oxidation sites excluding steroid dienone is 1. The first-order chi connectivity index (χ1) is 8.63. The lowest BCUT2D eigenvalue weighted by molar-refractivity contribution is -0.136. The van der Waals surface area contributed by atoms with Gasteiger partial charge in [0.05, 0.1) is 46.8 Å². The lowest BCUT2D eigenvalue weighted by atomic mass is 10.3. The summed E-state index contributed by atoms with van der Waals surface area (Å²) in [5, 5.41) is 16.5. The van der Waals surface area contributed by atoms with Gasteiger partial charge in [0.2, 0.25) is 0 Å². The van der Waals surface area contributed by atoms with Crippen molar-refractivity contribution in [3.05, 3.63) is 11.6 Å². The number of carbonyl (C=O) groups excluding carboxylic acids is 1. The Labute approximate surface area is 108 Å². The fourth-order valence-corrected chi connectivity index (χ4v) is 0.730. The van der Waals surface area contributed by atoms with Gasteiger partial charge < -0.3 is 24.4 Å². The third-order valence-corrected chi connectivity index (χ3v) is 1.78. The zero-order valence-corrected chi connectivity index (χ0v) is 11.3. The first-order valence-corrected chi connectivity index (χ1v) is 5.72. The average molecular weight is 264 g/mol. The molecule has 0 unspecified atom stereocenters. The molecule has 0 heterocycles. The second-order valence-corrected chi connectivity index (χ2v) is 3.14. The van der Waals surface area contributed by atoms with E-state index in [2.05, 4.69) is 4.74 Å². The molecule has 0 spiro atoms. The Morgan fingerprint density at radius 1 is 1.06 bits per heavy atom. The first-order valence-electron chi connectivity index (χ1n) is 5.72. The molecule has 0 aliphatic heterocycles. The number of carbonyl (C=O) groups is 1. The van der Waals surface area contributed by atoms with Gasteiger partial charge in [-0.15, -0.1) is 0 Å². The van der Waals surface area contributed by atoms with Crippen LogP contribution < -0.4 is 0 Å². The van der Waals surface area contributed by atoms with E-state index >= 15 is 0 Å². The van der Waals surface area contributed by atoms with Crippen molar-refractivity contribution >= 4 is 5.97 Å². The minimum atomic E-state index is -0.257. The Hall–Kier alpha value is -0.950. The van der Waals surface area contributed by atoms with Crippen LogP contribution in [0.4, 0.5) is 0 Å². The van der Waals surface area contributed by atoms with E-state index < -0.39 is 0 Å². The summed E-state index contributed by atoms with van der Waals surface area (Å²) >= 11 is 0. The molecule has 0 aromatic heterocycles. The lowest BCUT2D eigenvalue weighted by Gasteiger charge is -2.01. The van der Waals surface area contributed by atoms with Crippen LogP contribution in [0.25, 0.3) is 0 Å². The standard InChI is InChI=1S/C6H14O4.C6H10O2/c7-1-3-9-5-6-10-4-2-8;1-4-5(2)6(7)8-3/h7-8H,1-6H2;4H,1-3H3. The number of aliphatic hydroxyl groups is 2. The van der Waals surface area contributed by atoms with Gasteiger partial charge in [-0.05, 0) is 13.8 Å². The monoisotopic (exact) mass is 264 g/mol. The first kappa shape index (κ1) is 19.4. The van der Waals surface area contributed by atoms with E-state index in [1.54, 1.807) is 19.9 Å². The van der Waals surface area contributed by atoms with Crippen LogP contribution in [-0.4, -0.2) is 62.9 Å². The summed E-state index contributed by atoms with van der Waals surface area (Å²) < 4.78 is 14.1. The molecule has 0 radical (unpaired) electrons. The van der Waals surface area contributed by atoms with Crippen LogP contribution in [-0.2, 0) is 19.0 Å². The Kier molecular flexibility index (Phi) is 17.3. The molecule has 18 heavy (non-hydrogen) atoms. The predicted octanol–water partition coefficient (Wildman–Crippen LogP) is 0.130. The van der Waals surface area contributed by atoms with Crippen molar-refractivity contribution in [1.82, 2.24) is 0 Å². The predicted molar refractivity (Wildman–Crippen MR) is 67.3 cm³/mol. The second-order valence-electron chi connectivity index (χ2n) is 3.14. The minimum absolute atomic E-state index is 0.0417. The number of hydrogen-bond donors (Lipinski definition) is 2. The Morgan fingerprint density at radius 3 is 1.72 bits per heavy atom. The van der Waals surface area contributed by atoms with Crippen molar-refractivity contribution < 1.29 is 29.2 Å². The van der Waals surface area contributed by atoms with E-state index in [-0.39, 0.29) is 19.2 Å². The Morgan fingerprint density at radius 2 is 1.50 bits per heavy atom. The van der Waals surface area contributed by atoms with Crippen LogP contribution in [0.15, 0.2) is 11.6 Å². The van der Waals surface area contributed by atoms with Gasteiger partial charge in [0.25, 0.3) is 0 Å². The summed E-state index contributed by atoms with van der Waals surface area (Å²) in [5.74, 6) is -0.257. The molecule has 108 valence electrons. The zero-order valence-electron chi connectivity index (χ0n) is 11.3. The van der Waals surface area contributed by atoms with Crippen LogP contribution >= 0.6 is 0 Å². The van der Waals surface area contributed by atoms with Crippen LogP contribution in [0.5, 0.6) is 0 Å². The van der Waals surface area contributed by atoms with Crippen molar-refractivity contribution in [2.45, 2.75) is 13.8 Å². The maximum atomic E-state index is 10.5. The molecular formula is C12H24O6. The third kappa shape index (κ3) is 15.0. The number of rotatable bonds is 8. The molecule has 0 aliphatic carbocycles. The molecule has 0 aromatic carbocycles. The van der Waals surface area contributed by atoms with Crippen LogP contribution in [0.1, 0.15) is 13.8 Å². The van der Waals surface area contributed by atoms with Gasteiger partial charge >= 0.3 is 5.97 Å². The highest BCUT2D eigenvalue weighted by Crippen LogP contribution is 1.92. The topological polar surface area (TPSA) is 85.2 Å². The summed E-state index contributed by atoms with van der Waals surface area (Å²) in [6.45, 7) is 5.24. The lowest BCUT2D eigenvalue weighted by Crippen LogP contribution is -2.09. The quantitative estimate of drug-likeness (QED) is 0.368. The number of methoxy groups -OCH3 is 1. The zero-order chi connectivity index (χ0) is 14.2. The largest absolute Gasteiger partial charge is 0.466 e. The van der Waals surface area contributed by atoms with Crippen molar-refractivity contribution in [2.24, 2.45) is 0 Å². The SMILES string of the molecule is CC=C(C)C(=O)OC.OCCOCCOCCO. The molecule has 6 heteroatoms. The highest BCUT2D eigenvalue weighted by atomic mass is 16.5. The molecule has 0 aliphatic rings. The van der Waals surface area contributed by atoms with Gasteiger partial charge in [0.15, 0.2) is 0 Å². The molecule has 0 saturated heterocycles. The smallest absolute Gasteiger partial charge is 0.333 e. The normalized spacial score (nSPS) is 10.6. The maximum Gasteiger partial charge on any atom is 0.333 e. The minimum Gasteiger partial charge on any atom is -0.466 e. The van der Waals surface area contributed by atoms with E-state index in [9.17, 15) is 4.79 Å². The summed E-state index contributed by atoms with van der Waals surface area (Å²) in [7, 11) is 1.37. The second kappa shape index (κ2) is 16.1. The molecule has 0 amide bonds. The number of aliphatic hydroxyl groups excluding tert-OH is 2. The Balaban J connectivity index is 0. The van der Waals surface area contributed by atoms with Crippen molar-refractivity contribution in [1.29, 1.82) is 0 Å². The summed E-state index contributed by atoms with van der Waals surface area (Å²) in [5.41, 5.74) is 0.646. The van der Waals surface area contributed by atoms with E-state index in [4.69, 9.17) is 19.7 Å². The highest BCUT2D eigenvalue weighted by molar-refractivity contribution is 5.87. The molecule has 0 atom stereocenters. The van der Waals surface area contributed by atoms with E-state index in [1.807, 2.05) is 0 Å². The number of ether oxygens (including phenoxy) is 3. The molecule has 2 N–H and O–H groups in total. The molecule has 6 nitrogen and oxygen atoms in total. The number of hydrogen-bond acceptors (Lipinski definition) is 6. The van der Waals surface area contributed by atoms with Crippen LogP contribution in [0.2, 0.25) is 0 Å². The Bertz CT molecular complexity index is 207. The van der Waals surface area contributed by atoms with E-state index in [0.29, 0.717) is 32.0 Å². The van der Waals surface area contributed by atoms with Crippen molar-refractivity contribution in [3.8, 4) is 0 Å².